The molecule has 2 aromatic rings. The molecule has 1 aromatic heterocycles. The Morgan fingerprint density at radius 2 is 2.08 bits per heavy atom. The van der Waals surface area contributed by atoms with Crippen molar-refractivity contribution in [3.05, 3.63) is 52.2 Å². The molecule has 6 heteroatoms. The Labute approximate surface area is 151 Å². The molecule has 0 spiro atoms. The predicted octanol–water partition coefficient (Wildman–Crippen LogP) is 3.35. The lowest BCUT2D eigenvalue weighted by Gasteiger charge is -2.12. The lowest BCUT2D eigenvalue weighted by molar-refractivity contribution is 0.118. The van der Waals surface area contributed by atoms with Gasteiger partial charge in [-0.2, -0.15) is 0 Å². The fourth-order valence-electron chi connectivity index (χ4n) is 3.37. The van der Waals surface area contributed by atoms with Crippen LogP contribution in [0.15, 0.2) is 40.3 Å². The fourth-order valence-corrected chi connectivity index (χ4v) is 3.63. The second kappa shape index (κ2) is 6.58. The number of hydrogen-bond donors (Lipinski definition) is 1. The summed E-state index contributed by atoms with van der Waals surface area (Å²) in [5.41, 5.74) is 10.5. The molecule has 0 bridgehead atoms. The van der Waals surface area contributed by atoms with E-state index in [0.29, 0.717) is 23.4 Å². The quantitative estimate of drug-likeness (QED) is 0.859. The summed E-state index contributed by atoms with van der Waals surface area (Å²) in [7, 11) is 0. The van der Waals surface area contributed by atoms with Gasteiger partial charge in [0.05, 0.1) is 23.9 Å². The number of benzene rings is 1. The van der Waals surface area contributed by atoms with Crippen LogP contribution in [0, 0.1) is 6.92 Å². The standard InChI is InChI=1S/C19H19ClN4O/c1-11-14-15(17(20)23-16(11)12-6-3-2-4-7-12)19(24-18(14)21)22-10-13-8-5-9-25-13/h2-4,6-7,13H,5,8-10H2,1H3,(H2,21,22,24). The second-order valence-corrected chi connectivity index (χ2v) is 6.65. The van der Waals surface area contributed by atoms with E-state index >= 15 is 0 Å². The van der Waals surface area contributed by atoms with E-state index in [0.717, 1.165) is 47.4 Å². The first-order chi connectivity index (χ1) is 12.1. The van der Waals surface area contributed by atoms with Crippen molar-refractivity contribution in [2.75, 3.05) is 13.2 Å². The van der Waals surface area contributed by atoms with Crippen LogP contribution in [0.1, 0.15) is 29.5 Å². The molecule has 0 saturated carbocycles. The Kier molecular flexibility index (Phi) is 4.27. The number of rotatable bonds is 3. The zero-order valence-electron chi connectivity index (χ0n) is 14.0. The van der Waals surface area contributed by atoms with E-state index in [1.165, 1.54) is 0 Å². The van der Waals surface area contributed by atoms with E-state index in [1.54, 1.807) is 0 Å². The average molecular weight is 355 g/mol. The summed E-state index contributed by atoms with van der Waals surface area (Å²) in [6.07, 6.45) is 2.27. The third-order valence-corrected chi connectivity index (χ3v) is 4.89. The summed E-state index contributed by atoms with van der Waals surface area (Å²) in [5.74, 6) is 1.00. The lowest BCUT2D eigenvalue weighted by Crippen LogP contribution is -2.14. The van der Waals surface area contributed by atoms with Crippen molar-refractivity contribution in [3.63, 3.8) is 0 Å². The summed E-state index contributed by atoms with van der Waals surface area (Å²) >= 11 is 6.50. The highest BCUT2D eigenvalue weighted by Crippen LogP contribution is 2.33. The van der Waals surface area contributed by atoms with Crippen molar-refractivity contribution in [1.82, 2.24) is 4.98 Å². The van der Waals surface area contributed by atoms with Crippen LogP contribution in [-0.2, 0) is 4.74 Å². The number of pyridine rings is 1. The molecule has 0 radical (unpaired) electrons. The Bertz CT molecular complexity index is 871. The van der Waals surface area contributed by atoms with Crippen LogP contribution in [-0.4, -0.2) is 35.9 Å². The number of nitrogens with zero attached hydrogens (tertiary/aromatic N) is 3. The predicted molar refractivity (Wildman–Crippen MR) is 101 cm³/mol. The number of amidine groups is 2. The molecule has 3 heterocycles. The van der Waals surface area contributed by atoms with Gasteiger partial charge in [0.25, 0.3) is 0 Å². The molecule has 0 aliphatic carbocycles. The number of aromatic nitrogens is 1. The normalized spacial score (nSPS) is 20.8. The molecular formula is C19H19ClN4O. The zero-order valence-corrected chi connectivity index (χ0v) is 14.8. The van der Waals surface area contributed by atoms with Gasteiger partial charge in [-0.05, 0) is 25.3 Å². The SMILES string of the molecule is Cc1c(-c2ccccc2)nc(Cl)c2c1C(N)=NC2=NCC1CCCO1. The summed E-state index contributed by atoms with van der Waals surface area (Å²) in [6.45, 7) is 3.37. The van der Waals surface area contributed by atoms with Crippen LogP contribution < -0.4 is 5.73 Å². The maximum Gasteiger partial charge on any atom is 0.160 e. The van der Waals surface area contributed by atoms with Gasteiger partial charge >= 0.3 is 0 Å². The minimum Gasteiger partial charge on any atom is -0.383 e. The number of halogens is 1. The van der Waals surface area contributed by atoms with Crippen LogP contribution >= 0.6 is 11.6 Å². The number of hydrogen-bond acceptors (Lipinski definition) is 4. The first-order valence-corrected chi connectivity index (χ1v) is 8.79. The summed E-state index contributed by atoms with van der Waals surface area (Å²) in [4.78, 5) is 13.6. The van der Waals surface area contributed by atoms with Crippen molar-refractivity contribution in [1.29, 1.82) is 0 Å². The number of nitrogens with two attached hydrogens (primary N) is 1. The largest absolute Gasteiger partial charge is 0.383 e. The van der Waals surface area contributed by atoms with Gasteiger partial charge in [-0.25, -0.2) is 9.98 Å². The molecule has 2 aliphatic heterocycles. The molecule has 5 nitrogen and oxygen atoms in total. The van der Waals surface area contributed by atoms with Crippen molar-refractivity contribution >= 4 is 23.3 Å². The minimum atomic E-state index is 0.157. The monoisotopic (exact) mass is 354 g/mol. The van der Waals surface area contributed by atoms with E-state index in [-0.39, 0.29) is 6.10 Å². The summed E-state index contributed by atoms with van der Waals surface area (Å²) in [5, 5.41) is 0.384. The van der Waals surface area contributed by atoms with E-state index in [9.17, 15) is 0 Å². The van der Waals surface area contributed by atoms with Crippen LogP contribution in [0.2, 0.25) is 5.15 Å². The number of fused-ring (bicyclic) bond motifs is 1. The van der Waals surface area contributed by atoms with Crippen molar-refractivity contribution in [2.45, 2.75) is 25.9 Å². The zero-order chi connectivity index (χ0) is 17.4. The third kappa shape index (κ3) is 2.94. The Morgan fingerprint density at radius 1 is 1.28 bits per heavy atom. The average Bonchev–Trinajstić information content (AvgIpc) is 3.25. The molecule has 0 amide bonds. The molecule has 1 aromatic carbocycles. The smallest absolute Gasteiger partial charge is 0.160 e. The van der Waals surface area contributed by atoms with Gasteiger partial charge in [-0.1, -0.05) is 41.9 Å². The molecule has 4 rings (SSSR count). The molecule has 1 saturated heterocycles. The third-order valence-electron chi connectivity index (χ3n) is 4.62. The van der Waals surface area contributed by atoms with Crippen LogP contribution in [0.3, 0.4) is 0 Å². The molecule has 128 valence electrons. The molecule has 25 heavy (non-hydrogen) atoms. The van der Waals surface area contributed by atoms with Gasteiger partial charge in [-0.3, -0.25) is 4.99 Å². The molecule has 2 N–H and O–H groups in total. The number of aliphatic imine (C=N–C) groups is 2. The van der Waals surface area contributed by atoms with Crippen molar-refractivity contribution < 1.29 is 4.74 Å². The van der Waals surface area contributed by atoms with Crippen LogP contribution in [0.4, 0.5) is 0 Å². The summed E-state index contributed by atoms with van der Waals surface area (Å²) in [6, 6.07) is 9.94. The first-order valence-electron chi connectivity index (χ1n) is 8.41. The minimum absolute atomic E-state index is 0.157. The highest BCUT2D eigenvalue weighted by molar-refractivity contribution is 6.36. The highest BCUT2D eigenvalue weighted by atomic mass is 35.5. The molecule has 2 aliphatic rings. The van der Waals surface area contributed by atoms with Crippen LogP contribution in [0.25, 0.3) is 11.3 Å². The van der Waals surface area contributed by atoms with E-state index in [4.69, 9.17) is 22.1 Å². The highest BCUT2D eigenvalue weighted by Gasteiger charge is 2.28. The van der Waals surface area contributed by atoms with E-state index < -0.39 is 0 Å². The van der Waals surface area contributed by atoms with Crippen molar-refractivity contribution in [3.8, 4) is 11.3 Å². The molecule has 1 atom stereocenters. The topological polar surface area (TPSA) is 72.9 Å². The van der Waals surface area contributed by atoms with E-state index in [1.807, 2.05) is 37.3 Å². The van der Waals surface area contributed by atoms with E-state index in [2.05, 4.69) is 15.0 Å². The molecule has 1 fully saturated rings. The molecule has 1 unspecified atom stereocenters. The second-order valence-electron chi connectivity index (χ2n) is 6.29. The number of ether oxygens (including phenoxy) is 1. The van der Waals surface area contributed by atoms with Gasteiger partial charge < -0.3 is 10.5 Å². The maximum absolute atomic E-state index is 6.50. The van der Waals surface area contributed by atoms with Gasteiger partial charge in [-0.15, -0.1) is 0 Å². The van der Waals surface area contributed by atoms with Crippen molar-refractivity contribution in [2.24, 2.45) is 15.7 Å². The Morgan fingerprint density at radius 3 is 2.80 bits per heavy atom. The Hall–Kier alpha value is -2.24. The molecular weight excluding hydrogens is 336 g/mol. The van der Waals surface area contributed by atoms with Crippen LogP contribution in [0.5, 0.6) is 0 Å². The van der Waals surface area contributed by atoms with Gasteiger partial charge in [0.2, 0.25) is 0 Å². The fraction of sp³-hybridized carbons (Fsp3) is 0.316. The first kappa shape index (κ1) is 16.2. The maximum atomic E-state index is 6.50. The lowest BCUT2D eigenvalue weighted by atomic mass is 9.99. The summed E-state index contributed by atoms with van der Waals surface area (Å²) < 4.78 is 5.62. The van der Waals surface area contributed by atoms with Gasteiger partial charge in [0.15, 0.2) is 5.84 Å². The van der Waals surface area contributed by atoms with Gasteiger partial charge in [0, 0.05) is 17.7 Å². The van der Waals surface area contributed by atoms with Gasteiger partial charge in [0.1, 0.15) is 11.0 Å². The Balaban J connectivity index is 1.76.